The highest BCUT2D eigenvalue weighted by Gasteiger charge is 2.16. The zero-order valence-electron chi connectivity index (χ0n) is 10.1. The highest BCUT2D eigenvalue weighted by Crippen LogP contribution is 2.19. The van der Waals surface area contributed by atoms with Crippen molar-refractivity contribution in [2.24, 2.45) is 0 Å². The van der Waals surface area contributed by atoms with Crippen molar-refractivity contribution in [3.05, 3.63) is 59.7 Å². The molecule has 0 unspecified atom stereocenters. The molecule has 0 aromatic heterocycles. The molecular formula is C14H8N2O3S. The second kappa shape index (κ2) is 5.43. The summed E-state index contributed by atoms with van der Waals surface area (Å²) in [5.74, 6) is 0.119. The molecule has 0 atom stereocenters. The summed E-state index contributed by atoms with van der Waals surface area (Å²) in [5.41, 5.74) is 0.774. The largest absolute Gasteiger partial charge is 0.379 e. The standard InChI is InChI=1S/C14H8N2O3S/c15-9-11-1-5-13(6-2-11)19-20(17,18)14-7-3-12(10-16)4-8-14/h1-8H. The van der Waals surface area contributed by atoms with E-state index in [1.54, 1.807) is 0 Å². The van der Waals surface area contributed by atoms with E-state index in [0.29, 0.717) is 11.1 Å². The van der Waals surface area contributed by atoms with Crippen molar-refractivity contribution < 1.29 is 12.6 Å². The Morgan fingerprint density at radius 3 is 1.70 bits per heavy atom. The minimum atomic E-state index is -3.95. The molecule has 0 aliphatic carbocycles. The maximum absolute atomic E-state index is 12.0. The fourth-order valence-corrected chi connectivity index (χ4v) is 2.39. The van der Waals surface area contributed by atoms with Crippen LogP contribution in [-0.2, 0) is 10.1 Å². The van der Waals surface area contributed by atoms with E-state index >= 15 is 0 Å². The monoisotopic (exact) mass is 284 g/mol. The molecule has 0 saturated heterocycles. The number of hydrogen-bond acceptors (Lipinski definition) is 5. The average molecular weight is 284 g/mol. The van der Waals surface area contributed by atoms with Crippen LogP contribution in [-0.4, -0.2) is 8.42 Å². The van der Waals surface area contributed by atoms with Crippen molar-refractivity contribution in [2.45, 2.75) is 4.90 Å². The van der Waals surface area contributed by atoms with Crippen LogP contribution in [0.2, 0.25) is 0 Å². The number of hydrogen-bond donors (Lipinski definition) is 0. The Balaban J connectivity index is 2.26. The molecule has 0 radical (unpaired) electrons. The third kappa shape index (κ3) is 2.94. The van der Waals surface area contributed by atoms with Crippen LogP contribution in [0.25, 0.3) is 0 Å². The Bertz CT molecular complexity index is 795. The van der Waals surface area contributed by atoms with Crippen molar-refractivity contribution in [1.29, 1.82) is 10.5 Å². The van der Waals surface area contributed by atoms with E-state index in [2.05, 4.69) is 0 Å². The molecule has 6 heteroatoms. The van der Waals surface area contributed by atoms with Crippen LogP contribution < -0.4 is 4.18 Å². The normalized spacial score (nSPS) is 10.3. The Morgan fingerprint density at radius 2 is 1.25 bits per heavy atom. The van der Waals surface area contributed by atoms with E-state index in [0.717, 1.165) is 0 Å². The summed E-state index contributed by atoms with van der Waals surface area (Å²) in [7, 11) is -3.95. The molecule has 0 bridgehead atoms. The van der Waals surface area contributed by atoms with Gasteiger partial charge in [0.1, 0.15) is 10.6 Å². The molecule has 0 saturated carbocycles. The van der Waals surface area contributed by atoms with Crippen molar-refractivity contribution in [3.8, 4) is 17.9 Å². The zero-order valence-corrected chi connectivity index (χ0v) is 11.0. The van der Waals surface area contributed by atoms with Gasteiger partial charge < -0.3 is 4.18 Å². The first-order valence-electron chi connectivity index (χ1n) is 5.50. The second-order valence-electron chi connectivity index (χ2n) is 3.81. The van der Waals surface area contributed by atoms with Gasteiger partial charge in [0, 0.05) is 0 Å². The van der Waals surface area contributed by atoms with Gasteiger partial charge in [-0.1, -0.05) is 0 Å². The molecule has 2 rings (SSSR count). The molecule has 0 N–H and O–H groups in total. The molecule has 0 heterocycles. The molecule has 2 aromatic rings. The molecule has 98 valence electrons. The van der Waals surface area contributed by atoms with Crippen LogP contribution >= 0.6 is 0 Å². The first-order chi connectivity index (χ1) is 9.55. The molecule has 0 amide bonds. The predicted octanol–water partition coefficient (Wildman–Crippen LogP) is 2.20. The van der Waals surface area contributed by atoms with Crippen molar-refractivity contribution in [3.63, 3.8) is 0 Å². The topological polar surface area (TPSA) is 90.9 Å². The molecule has 20 heavy (non-hydrogen) atoms. The van der Waals surface area contributed by atoms with Crippen molar-refractivity contribution in [1.82, 2.24) is 0 Å². The fourth-order valence-electron chi connectivity index (χ4n) is 1.46. The fraction of sp³-hybridized carbons (Fsp3) is 0. The van der Waals surface area contributed by atoms with Gasteiger partial charge in [-0.05, 0) is 48.5 Å². The van der Waals surface area contributed by atoms with Crippen LogP contribution in [0.1, 0.15) is 11.1 Å². The van der Waals surface area contributed by atoms with E-state index < -0.39 is 10.1 Å². The van der Waals surface area contributed by atoms with Crippen LogP contribution in [0.4, 0.5) is 0 Å². The summed E-state index contributed by atoms with van der Waals surface area (Å²) >= 11 is 0. The Hall–Kier alpha value is -2.83. The van der Waals surface area contributed by atoms with Gasteiger partial charge in [0.15, 0.2) is 0 Å². The lowest BCUT2D eigenvalue weighted by atomic mass is 10.2. The molecule has 0 fully saturated rings. The van der Waals surface area contributed by atoms with Gasteiger partial charge in [-0.25, -0.2) is 0 Å². The van der Waals surface area contributed by atoms with E-state index in [9.17, 15) is 8.42 Å². The van der Waals surface area contributed by atoms with Gasteiger partial charge in [0.05, 0.1) is 23.3 Å². The van der Waals surface area contributed by atoms with Crippen molar-refractivity contribution in [2.75, 3.05) is 0 Å². The third-order valence-corrected chi connectivity index (χ3v) is 3.72. The molecule has 0 aliphatic rings. The van der Waals surface area contributed by atoms with Crippen LogP contribution in [0.15, 0.2) is 53.4 Å². The first kappa shape index (κ1) is 13.6. The van der Waals surface area contributed by atoms with E-state index in [4.69, 9.17) is 14.7 Å². The summed E-state index contributed by atoms with van der Waals surface area (Å²) in [6.07, 6.45) is 0. The van der Waals surface area contributed by atoms with Gasteiger partial charge in [-0.3, -0.25) is 0 Å². The summed E-state index contributed by atoms with van der Waals surface area (Å²) in [6, 6.07) is 15.0. The Kier molecular flexibility index (Phi) is 3.69. The van der Waals surface area contributed by atoms with Crippen LogP contribution in [0.5, 0.6) is 5.75 Å². The maximum Gasteiger partial charge on any atom is 0.339 e. The SMILES string of the molecule is N#Cc1ccc(OS(=O)(=O)c2ccc(C#N)cc2)cc1. The molecule has 5 nitrogen and oxygen atoms in total. The van der Waals surface area contributed by atoms with E-state index in [-0.39, 0.29) is 10.6 Å². The van der Waals surface area contributed by atoms with Crippen LogP contribution in [0.3, 0.4) is 0 Å². The molecule has 0 aliphatic heterocycles. The summed E-state index contributed by atoms with van der Waals surface area (Å²) in [6.45, 7) is 0. The highest BCUT2D eigenvalue weighted by molar-refractivity contribution is 7.87. The van der Waals surface area contributed by atoms with E-state index in [1.807, 2.05) is 12.1 Å². The zero-order chi connectivity index (χ0) is 14.6. The number of nitriles is 2. The quantitative estimate of drug-likeness (QED) is 0.806. The third-order valence-electron chi connectivity index (χ3n) is 2.46. The Labute approximate surface area is 116 Å². The van der Waals surface area contributed by atoms with Gasteiger partial charge in [-0.15, -0.1) is 0 Å². The lowest BCUT2D eigenvalue weighted by Crippen LogP contribution is -2.09. The minimum absolute atomic E-state index is 0.0409. The lowest BCUT2D eigenvalue weighted by Gasteiger charge is -2.06. The summed E-state index contributed by atoms with van der Waals surface area (Å²) in [5, 5.41) is 17.3. The van der Waals surface area contributed by atoms with Gasteiger partial charge in [0.2, 0.25) is 0 Å². The van der Waals surface area contributed by atoms with Gasteiger partial charge in [0.25, 0.3) is 0 Å². The average Bonchev–Trinajstić information content (AvgIpc) is 2.48. The van der Waals surface area contributed by atoms with E-state index in [1.165, 1.54) is 48.5 Å². The van der Waals surface area contributed by atoms with Gasteiger partial charge in [-0.2, -0.15) is 18.9 Å². The summed E-state index contributed by atoms with van der Waals surface area (Å²) < 4.78 is 28.9. The van der Waals surface area contributed by atoms with Gasteiger partial charge >= 0.3 is 10.1 Å². The highest BCUT2D eigenvalue weighted by atomic mass is 32.2. The Morgan fingerprint density at radius 1 is 0.800 bits per heavy atom. The van der Waals surface area contributed by atoms with Crippen LogP contribution in [0, 0.1) is 22.7 Å². The molecule has 0 spiro atoms. The molecular weight excluding hydrogens is 276 g/mol. The first-order valence-corrected chi connectivity index (χ1v) is 6.91. The second-order valence-corrected chi connectivity index (χ2v) is 5.36. The smallest absolute Gasteiger partial charge is 0.339 e. The number of rotatable bonds is 3. The number of nitrogens with zero attached hydrogens (tertiary/aromatic N) is 2. The molecule has 2 aromatic carbocycles. The minimum Gasteiger partial charge on any atom is -0.379 e. The maximum atomic E-state index is 12.0. The lowest BCUT2D eigenvalue weighted by molar-refractivity contribution is 0.486. The predicted molar refractivity (Wildman–Crippen MR) is 70.1 cm³/mol. The number of benzene rings is 2. The summed E-state index contributed by atoms with van der Waals surface area (Å²) in [4.78, 5) is -0.0409. The van der Waals surface area contributed by atoms with Crippen molar-refractivity contribution >= 4 is 10.1 Å².